The van der Waals surface area contributed by atoms with E-state index in [1.807, 2.05) is 0 Å². The van der Waals surface area contributed by atoms with Gasteiger partial charge in [0.05, 0.1) is 6.20 Å². The average molecular weight is 165 g/mol. The standard InChI is InChI=1S/C7H7N3O2/c1-3-6-8-5-7(10(11)12)9(6)4-2/h3-5H,1-2H2. The van der Waals surface area contributed by atoms with E-state index >= 15 is 0 Å². The van der Waals surface area contributed by atoms with Crippen molar-refractivity contribution in [3.8, 4) is 0 Å². The topological polar surface area (TPSA) is 61.0 Å². The van der Waals surface area contributed by atoms with Crippen molar-refractivity contribution < 1.29 is 4.92 Å². The molecule has 1 rings (SSSR count). The van der Waals surface area contributed by atoms with Crippen LogP contribution in [0, 0.1) is 10.1 Å². The summed E-state index contributed by atoms with van der Waals surface area (Å²) < 4.78 is 1.26. The molecule has 62 valence electrons. The van der Waals surface area contributed by atoms with Gasteiger partial charge in [-0.1, -0.05) is 13.2 Å². The molecule has 0 unspecified atom stereocenters. The molecule has 1 heterocycles. The van der Waals surface area contributed by atoms with E-state index < -0.39 is 4.92 Å². The molecule has 0 saturated heterocycles. The zero-order valence-electron chi connectivity index (χ0n) is 6.30. The van der Waals surface area contributed by atoms with Crippen molar-refractivity contribution in [1.82, 2.24) is 9.55 Å². The smallest absolute Gasteiger partial charge is 0.347 e. The number of hydrogen-bond donors (Lipinski definition) is 0. The zero-order chi connectivity index (χ0) is 9.14. The number of hydrogen-bond acceptors (Lipinski definition) is 3. The average Bonchev–Trinajstić information content (AvgIpc) is 2.46. The van der Waals surface area contributed by atoms with Gasteiger partial charge in [0.15, 0.2) is 0 Å². The molecular weight excluding hydrogens is 158 g/mol. The first-order valence-electron chi connectivity index (χ1n) is 3.17. The van der Waals surface area contributed by atoms with Crippen LogP contribution in [0.2, 0.25) is 0 Å². The highest BCUT2D eigenvalue weighted by molar-refractivity contribution is 5.47. The molecule has 0 saturated carbocycles. The summed E-state index contributed by atoms with van der Waals surface area (Å²) in [6.07, 6.45) is 3.91. The van der Waals surface area contributed by atoms with E-state index in [0.29, 0.717) is 5.82 Å². The van der Waals surface area contributed by atoms with E-state index in [0.717, 1.165) is 0 Å². The first-order valence-corrected chi connectivity index (χ1v) is 3.17. The molecule has 0 aliphatic heterocycles. The van der Waals surface area contributed by atoms with Gasteiger partial charge in [0.2, 0.25) is 5.82 Å². The van der Waals surface area contributed by atoms with E-state index in [-0.39, 0.29) is 5.82 Å². The van der Waals surface area contributed by atoms with Crippen LogP contribution >= 0.6 is 0 Å². The Morgan fingerprint density at radius 2 is 2.33 bits per heavy atom. The van der Waals surface area contributed by atoms with Gasteiger partial charge in [0.25, 0.3) is 0 Å². The molecular formula is C7H7N3O2. The van der Waals surface area contributed by atoms with Gasteiger partial charge in [-0.3, -0.25) is 0 Å². The summed E-state index contributed by atoms with van der Waals surface area (Å²) in [4.78, 5) is 13.6. The maximum Gasteiger partial charge on any atom is 0.347 e. The van der Waals surface area contributed by atoms with E-state index in [1.165, 1.54) is 23.0 Å². The maximum absolute atomic E-state index is 10.4. The molecule has 1 aromatic heterocycles. The molecule has 12 heavy (non-hydrogen) atoms. The van der Waals surface area contributed by atoms with Crippen LogP contribution in [0.15, 0.2) is 19.4 Å². The molecule has 0 aliphatic carbocycles. The number of rotatable bonds is 3. The van der Waals surface area contributed by atoms with Crippen LogP contribution in [0.4, 0.5) is 5.82 Å². The van der Waals surface area contributed by atoms with Crippen molar-refractivity contribution in [2.45, 2.75) is 0 Å². The van der Waals surface area contributed by atoms with Crippen molar-refractivity contribution in [3.05, 3.63) is 35.3 Å². The van der Waals surface area contributed by atoms with Crippen LogP contribution in [0.25, 0.3) is 12.3 Å². The monoisotopic (exact) mass is 165 g/mol. The van der Waals surface area contributed by atoms with Gasteiger partial charge in [-0.05, 0) is 11.0 Å². The van der Waals surface area contributed by atoms with Crippen LogP contribution in [0.1, 0.15) is 5.82 Å². The number of aromatic nitrogens is 2. The number of nitrogens with zero attached hydrogens (tertiary/aromatic N) is 3. The summed E-state index contributed by atoms with van der Waals surface area (Å²) >= 11 is 0. The minimum Gasteiger partial charge on any atom is -0.358 e. The third-order valence-electron chi connectivity index (χ3n) is 1.36. The highest BCUT2D eigenvalue weighted by Gasteiger charge is 2.14. The summed E-state index contributed by atoms with van der Waals surface area (Å²) in [5.74, 6) is 0.302. The Morgan fingerprint density at radius 1 is 1.67 bits per heavy atom. The SMILES string of the molecule is C=Cc1ncc([N+](=O)[O-])n1C=C. The van der Waals surface area contributed by atoms with Crippen LogP contribution in [-0.2, 0) is 0 Å². The quantitative estimate of drug-likeness (QED) is 0.504. The highest BCUT2D eigenvalue weighted by Crippen LogP contribution is 2.14. The molecule has 5 nitrogen and oxygen atoms in total. The predicted molar refractivity (Wildman–Crippen MR) is 45.4 cm³/mol. The first kappa shape index (κ1) is 8.19. The molecule has 0 aromatic carbocycles. The van der Waals surface area contributed by atoms with Crippen molar-refractivity contribution in [2.75, 3.05) is 0 Å². The van der Waals surface area contributed by atoms with Crippen molar-refractivity contribution in [3.63, 3.8) is 0 Å². The summed E-state index contributed by atoms with van der Waals surface area (Å²) in [6, 6.07) is 0. The van der Waals surface area contributed by atoms with Gasteiger partial charge in [-0.25, -0.2) is 4.98 Å². The van der Waals surface area contributed by atoms with Crippen LogP contribution in [0.3, 0.4) is 0 Å². The van der Waals surface area contributed by atoms with Gasteiger partial charge < -0.3 is 10.1 Å². The molecule has 0 radical (unpaired) electrons. The Morgan fingerprint density at radius 3 is 2.75 bits per heavy atom. The van der Waals surface area contributed by atoms with Crippen molar-refractivity contribution in [2.24, 2.45) is 0 Å². The minimum atomic E-state index is -0.526. The Bertz CT molecular complexity index is 340. The lowest BCUT2D eigenvalue weighted by atomic mass is 10.6. The van der Waals surface area contributed by atoms with E-state index in [2.05, 4.69) is 18.1 Å². The van der Waals surface area contributed by atoms with Gasteiger partial charge in [-0.2, -0.15) is 4.57 Å². The van der Waals surface area contributed by atoms with E-state index in [9.17, 15) is 10.1 Å². The largest absolute Gasteiger partial charge is 0.358 e. The van der Waals surface area contributed by atoms with Crippen LogP contribution in [-0.4, -0.2) is 14.5 Å². The van der Waals surface area contributed by atoms with E-state index in [4.69, 9.17) is 0 Å². The minimum absolute atomic E-state index is 0.111. The van der Waals surface area contributed by atoms with E-state index in [1.54, 1.807) is 0 Å². The second-order valence-corrected chi connectivity index (χ2v) is 1.99. The molecule has 0 atom stereocenters. The summed E-state index contributed by atoms with van der Waals surface area (Å²) in [5, 5.41) is 10.4. The highest BCUT2D eigenvalue weighted by atomic mass is 16.6. The fourth-order valence-electron chi connectivity index (χ4n) is 0.839. The Labute approximate surface area is 68.8 Å². The Balaban J connectivity index is 3.31. The lowest BCUT2D eigenvalue weighted by molar-refractivity contribution is -0.390. The number of imidazole rings is 1. The molecule has 0 amide bonds. The normalized spacial score (nSPS) is 9.33. The maximum atomic E-state index is 10.4. The van der Waals surface area contributed by atoms with Gasteiger partial charge in [0.1, 0.15) is 6.20 Å². The lowest BCUT2D eigenvalue weighted by Crippen LogP contribution is -1.96. The molecule has 0 bridgehead atoms. The summed E-state index contributed by atoms with van der Waals surface area (Å²) in [7, 11) is 0. The Kier molecular flexibility index (Phi) is 2.05. The predicted octanol–water partition coefficient (Wildman–Crippen LogP) is 1.53. The first-order chi connectivity index (χ1) is 5.70. The van der Waals surface area contributed by atoms with Crippen molar-refractivity contribution in [1.29, 1.82) is 0 Å². The van der Waals surface area contributed by atoms with Crippen LogP contribution in [0.5, 0.6) is 0 Å². The third kappa shape index (κ3) is 1.12. The second kappa shape index (κ2) is 3.00. The molecule has 0 N–H and O–H groups in total. The van der Waals surface area contributed by atoms with Gasteiger partial charge >= 0.3 is 5.82 Å². The molecule has 1 aromatic rings. The lowest BCUT2D eigenvalue weighted by Gasteiger charge is -1.93. The molecule has 0 fully saturated rings. The molecule has 0 spiro atoms. The number of nitro groups is 1. The summed E-state index contributed by atoms with van der Waals surface area (Å²) in [6.45, 7) is 6.88. The van der Waals surface area contributed by atoms with Crippen molar-refractivity contribution >= 4 is 18.1 Å². The molecule has 0 aliphatic rings. The third-order valence-corrected chi connectivity index (χ3v) is 1.36. The second-order valence-electron chi connectivity index (χ2n) is 1.99. The zero-order valence-corrected chi connectivity index (χ0v) is 6.30. The van der Waals surface area contributed by atoms with Gasteiger partial charge in [0, 0.05) is 0 Å². The molecule has 5 heteroatoms. The Hall–Kier alpha value is -1.91. The van der Waals surface area contributed by atoms with Crippen LogP contribution < -0.4 is 0 Å². The fourth-order valence-corrected chi connectivity index (χ4v) is 0.839. The van der Waals surface area contributed by atoms with Gasteiger partial charge in [-0.15, -0.1) is 0 Å². The summed E-state index contributed by atoms with van der Waals surface area (Å²) in [5.41, 5.74) is 0. The fraction of sp³-hybridized carbons (Fsp3) is 0.